The number of para-hydroxylation sites is 1. The van der Waals surface area contributed by atoms with Crippen LogP contribution in [-0.2, 0) is 0 Å². The zero-order chi connectivity index (χ0) is 20.5. The van der Waals surface area contributed by atoms with Crippen molar-refractivity contribution in [2.45, 2.75) is 6.92 Å². The average Bonchev–Trinajstić information content (AvgIpc) is 3.25. The van der Waals surface area contributed by atoms with Gasteiger partial charge in [0.2, 0.25) is 0 Å². The summed E-state index contributed by atoms with van der Waals surface area (Å²) in [6, 6.07) is 16.8. The highest BCUT2D eigenvalue weighted by Gasteiger charge is 2.10. The second-order valence-electron chi connectivity index (χ2n) is 5.94. The number of hydrazone groups is 1. The molecule has 0 radical (unpaired) electrons. The molecule has 0 saturated heterocycles. The van der Waals surface area contributed by atoms with Gasteiger partial charge in [-0.3, -0.25) is 9.89 Å². The van der Waals surface area contributed by atoms with E-state index in [4.69, 9.17) is 9.47 Å². The van der Waals surface area contributed by atoms with Gasteiger partial charge in [-0.15, -0.1) is 0 Å². The van der Waals surface area contributed by atoms with Crippen LogP contribution < -0.4 is 14.9 Å². The second-order valence-corrected chi connectivity index (χ2v) is 5.94. The Labute approximate surface area is 169 Å². The van der Waals surface area contributed by atoms with Gasteiger partial charge in [-0.2, -0.15) is 10.2 Å². The maximum absolute atomic E-state index is 12.2. The van der Waals surface area contributed by atoms with Crippen molar-refractivity contribution in [1.29, 1.82) is 0 Å². The summed E-state index contributed by atoms with van der Waals surface area (Å²) >= 11 is 0. The lowest BCUT2D eigenvalue weighted by molar-refractivity contribution is 0.0950. The number of aromatic amines is 1. The average molecular weight is 390 g/mol. The molecular formula is C22H22N4O3. The molecule has 7 heteroatoms. The van der Waals surface area contributed by atoms with E-state index in [0.29, 0.717) is 18.0 Å². The molecule has 2 aromatic carbocycles. The van der Waals surface area contributed by atoms with Crippen molar-refractivity contribution in [3.8, 4) is 22.8 Å². The molecule has 3 rings (SSSR count). The standard InChI is InChI=1S/C22H22N4O3/c1-3-29-18-12-10-16(11-13-18)19-15-20(25-24-19)22(27)26-23-14-6-8-17-7-4-5-9-21(17)28-2/h4-15H,3H2,1-2H3,(H,24,25)(H,26,27). The van der Waals surface area contributed by atoms with E-state index in [2.05, 4.69) is 20.7 Å². The van der Waals surface area contributed by atoms with Crippen molar-refractivity contribution >= 4 is 18.2 Å². The van der Waals surface area contributed by atoms with Crippen molar-refractivity contribution in [2.75, 3.05) is 13.7 Å². The number of benzene rings is 2. The number of nitrogens with one attached hydrogen (secondary N) is 2. The Balaban J connectivity index is 1.57. The predicted molar refractivity (Wildman–Crippen MR) is 113 cm³/mol. The van der Waals surface area contributed by atoms with Crippen molar-refractivity contribution in [2.24, 2.45) is 5.10 Å². The van der Waals surface area contributed by atoms with Gasteiger partial charge in [0.15, 0.2) is 0 Å². The van der Waals surface area contributed by atoms with Gasteiger partial charge in [-0.1, -0.05) is 18.2 Å². The second kappa shape index (κ2) is 9.89. The number of carbonyl (C=O) groups excluding carboxylic acids is 1. The first-order chi connectivity index (χ1) is 14.2. The fourth-order valence-corrected chi connectivity index (χ4v) is 2.62. The van der Waals surface area contributed by atoms with Gasteiger partial charge in [0, 0.05) is 17.3 Å². The van der Waals surface area contributed by atoms with Gasteiger partial charge in [-0.05, 0) is 55.5 Å². The monoisotopic (exact) mass is 390 g/mol. The Morgan fingerprint density at radius 1 is 1.21 bits per heavy atom. The molecule has 1 heterocycles. The molecule has 0 spiro atoms. The topological polar surface area (TPSA) is 88.6 Å². The molecule has 2 N–H and O–H groups in total. The number of H-pyrrole nitrogens is 1. The molecule has 3 aromatic rings. The Hall–Kier alpha value is -3.87. The maximum atomic E-state index is 12.2. The molecule has 0 aliphatic carbocycles. The highest BCUT2D eigenvalue weighted by atomic mass is 16.5. The number of methoxy groups -OCH3 is 1. The molecule has 0 bridgehead atoms. The number of rotatable bonds is 8. The van der Waals surface area contributed by atoms with Crippen LogP contribution in [0, 0.1) is 0 Å². The van der Waals surface area contributed by atoms with Crippen LogP contribution in [0.4, 0.5) is 0 Å². The maximum Gasteiger partial charge on any atom is 0.289 e. The summed E-state index contributed by atoms with van der Waals surface area (Å²) in [4.78, 5) is 12.2. The summed E-state index contributed by atoms with van der Waals surface area (Å²) in [7, 11) is 1.62. The first kappa shape index (κ1) is 19.9. The highest BCUT2D eigenvalue weighted by molar-refractivity contribution is 5.94. The molecule has 7 nitrogen and oxygen atoms in total. The summed E-state index contributed by atoms with van der Waals surface area (Å²) in [6.07, 6.45) is 5.05. The third-order valence-electron chi connectivity index (χ3n) is 4.02. The van der Waals surface area contributed by atoms with Crippen LogP contribution in [0.1, 0.15) is 23.0 Å². The van der Waals surface area contributed by atoms with E-state index in [9.17, 15) is 4.79 Å². The van der Waals surface area contributed by atoms with E-state index in [1.54, 1.807) is 19.3 Å². The van der Waals surface area contributed by atoms with E-state index < -0.39 is 0 Å². The van der Waals surface area contributed by atoms with Gasteiger partial charge in [0.25, 0.3) is 5.91 Å². The molecule has 0 aliphatic rings. The molecular weight excluding hydrogens is 368 g/mol. The minimum Gasteiger partial charge on any atom is -0.496 e. The normalized spacial score (nSPS) is 11.1. The van der Waals surface area contributed by atoms with Crippen LogP contribution in [0.2, 0.25) is 0 Å². The summed E-state index contributed by atoms with van der Waals surface area (Å²) in [5.74, 6) is 1.18. The number of aromatic nitrogens is 2. The van der Waals surface area contributed by atoms with E-state index in [1.165, 1.54) is 6.21 Å². The first-order valence-corrected chi connectivity index (χ1v) is 9.13. The highest BCUT2D eigenvalue weighted by Crippen LogP contribution is 2.21. The molecule has 1 aromatic heterocycles. The van der Waals surface area contributed by atoms with Crippen molar-refractivity contribution in [1.82, 2.24) is 15.6 Å². The summed E-state index contributed by atoms with van der Waals surface area (Å²) < 4.78 is 10.7. The largest absolute Gasteiger partial charge is 0.496 e. The van der Waals surface area contributed by atoms with Gasteiger partial charge >= 0.3 is 0 Å². The Morgan fingerprint density at radius 2 is 2.00 bits per heavy atom. The van der Waals surface area contributed by atoms with Gasteiger partial charge < -0.3 is 9.47 Å². The van der Waals surface area contributed by atoms with E-state index >= 15 is 0 Å². The van der Waals surface area contributed by atoms with Crippen LogP contribution in [0.3, 0.4) is 0 Å². The Bertz CT molecular complexity index is 1010. The number of amides is 1. The lowest BCUT2D eigenvalue weighted by atomic mass is 10.1. The van der Waals surface area contributed by atoms with Gasteiger partial charge in [0.05, 0.1) is 19.4 Å². The van der Waals surface area contributed by atoms with Crippen LogP contribution in [-0.4, -0.2) is 36.0 Å². The molecule has 0 fully saturated rings. The number of hydrogen-bond acceptors (Lipinski definition) is 5. The lowest BCUT2D eigenvalue weighted by Crippen LogP contribution is -2.17. The van der Waals surface area contributed by atoms with Gasteiger partial charge in [-0.25, -0.2) is 5.43 Å². The Kier molecular flexibility index (Phi) is 6.78. The van der Waals surface area contributed by atoms with E-state index in [-0.39, 0.29) is 5.91 Å². The van der Waals surface area contributed by atoms with Crippen LogP contribution in [0.5, 0.6) is 11.5 Å². The van der Waals surface area contributed by atoms with Crippen molar-refractivity contribution in [3.63, 3.8) is 0 Å². The molecule has 1 amide bonds. The molecule has 0 saturated carbocycles. The molecule has 0 unspecified atom stereocenters. The van der Waals surface area contributed by atoms with Crippen LogP contribution in [0.15, 0.2) is 65.8 Å². The minimum absolute atomic E-state index is 0.319. The molecule has 29 heavy (non-hydrogen) atoms. The summed E-state index contributed by atoms with van der Waals surface area (Å²) in [5.41, 5.74) is 5.24. The molecule has 0 aliphatic heterocycles. The number of carbonyl (C=O) groups is 1. The number of ether oxygens (including phenoxy) is 2. The zero-order valence-corrected chi connectivity index (χ0v) is 16.3. The SMILES string of the molecule is CCOc1ccc(-c2cc(C(=O)NN=CC=Cc3ccccc3OC)[nH]n2)cc1. The minimum atomic E-state index is -0.378. The van der Waals surface area contributed by atoms with E-state index in [1.807, 2.05) is 61.5 Å². The smallest absolute Gasteiger partial charge is 0.289 e. The number of allylic oxidation sites excluding steroid dienone is 1. The summed E-state index contributed by atoms with van der Waals surface area (Å²) in [6.45, 7) is 2.55. The fraction of sp³-hybridized carbons (Fsp3) is 0.136. The van der Waals surface area contributed by atoms with Crippen LogP contribution in [0.25, 0.3) is 17.3 Å². The van der Waals surface area contributed by atoms with Gasteiger partial charge in [0.1, 0.15) is 17.2 Å². The third kappa shape index (κ3) is 5.32. The zero-order valence-electron chi connectivity index (χ0n) is 16.3. The fourth-order valence-electron chi connectivity index (χ4n) is 2.62. The number of nitrogens with zero attached hydrogens (tertiary/aromatic N) is 2. The van der Waals surface area contributed by atoms with Crippen molar-refractivity contribution in [3.05, 3.63) is 71.9 Å². The number of hydrogen-bond donors (Lipinski definition) is 2. The Morgan fingerprint density at radius 3 is 2.76 bits per heavy atom. The quantitative estimate of drug-likeness (QED) is 0.451. The molecule has 0 atom stereocenters. The third-order valence-corrected chi connectivity index (χ3v) is 4.02. The lowest BCUT2D eigenvalue weighted by Gasteiger charge is -2.02. The summed E-state index contributed by atoms with van der Waals surface area (Å²) in [5, 5.41) is 10.8. The van der Waals surface area contributed by atoms with E-state index in [0.717, 1.165) is 22.6 Å². The first-order valence-electron chi connectivity index (χ1n) is 9.13. The van der Waals surface area contributed by atoms with Crippen LogP contribution >= 0.6 is 0 Å². The van der Waals surface area contributed by atoms with Crippen molar-refractivity contribution < 1.29 is 14.3 Å². The molecule has 148 valence electrons. The predicted octanol–water partition coefficient (Wildman–Crippen LogP) is 3.91.